The number of fused-ring (bicyclic) bond motifs is 1. The normalized spacial score (nSPS) is 16.7. The minimum Gasteiger partial charge on any atom is -0.493 e. The van der Waals surface area contributed by atoms with Gasteiger partial charge in [0.25, 0.3) is 0 Å². The SMILES string of the molecule is CCOC(=O)N1CCc2cc(OC)c(OC)cc2[C@@H]1C#N. The van der Waals surface area contributed by atoms with Gasteiger partial charge in [0.2, 0.25) is 0 Å². The first-order valence-electron chi connectivity index (χ1n) is 6.74. The zero-order valence-electron chi connectivity index (χ0n) is 12.4. The summed E-state index contributed by atoms with van der Waals surface area (Å²) in [5.41, 5.74) is 1.74. The van der Waals surface area contributed by atoms with E-state index in [9.17, 15) is 10.1 Å². The van der Waals surface area contributed by atoms with Gasteiger partial charge in [0.1, 0.15) is 6.04 Å². The van der Waals surface area contributed by atoms with E-state index in [2.05, 4.69) is 6.07 Å². The van der Waals surface area contributed by atoms with Crippen LogP contribution in [0.25, 0.3) is 0 Å². The number of carbonyl (C=O) groups is 1. The minimum atomic E-state index is -0.674. The van der Waals surface area contributed by atoms with Crippen molar-refractivity contribution in [3.63, 3.8) is 0 Å². The molecule has 0 saturated carbocycles. The van der Waals surface area contributed by atoms with Crippen LogP contribution in [-0.2, 0) is 11.2 Å². The summed E-state index contributed by atoms with van der Waals surface area (Å²) in [5, 5.41) is 9.44. The smallest absolute Gasteiger partial charge is 0.411 e. The van der Waals surface area contributed by atoms with Gasteiger partial charge in [0, 0.05) is 6.54 Å². The van der Waals surface area contributed by atoms with Crippen LogP contribution in [0.3, 0.4) is 0 Å². The average molecular weight is 290 g/mol. The Hall–Kier alpha value is -2.42. The Balaban J connectivity index is 2.42. The molecule has 1 aliphatic heterocycles. The molecular formula is C15H18N2O4. The first-order valence-corrected chi connectivity index (χ1v) is 6.74. The topological polar surface area (TPSA) is 71.8 Å². The second-order valence-corrected chi connectivity index (χ2v) is 4.58. The van der Waals surface area contributed by atoms with Crippen molar-refractivity contribution in [2.45, 2.75) is 19.4 Å². The van der Waals surface area contributed by atoms with E-state index in [-0.39, 0.29) is 6.61 Å². The Bertz CT molecular complexity index is 580. The Kier molecular flexibility index (Phi) is 4.53. The van der Waals surface area contributed by atoms with Crippen molar-refractivity contribution in [3.8, 4) is 17.6 Å². The van der Waals surface area contributed by atoms with Crippen LogP contribution >= 0.6 is 0 Å². The molecule has 1 atom stereocenters. The summed E-state index contributed by atoms with van der Waals surface area (Å²) in [7, 11) is 3.11. The van der Waals surface area contributed by atoms with Crippen LogP contribution in [0.5, 0.6) is 11.5 Å². The predicted octanol–water partition coefficient (Wildman–Crippen LogP) is 2.28. The molecule has 0 aromatic heterocycles. The molecule has 1 aromatic rings. The molecular weight excluding hydrogens is 272 g/mol. The lowest BCUT2D eigenvalue weighted by Crippen LogP contribution is -2.39. The molecule has 0 spiro atoms. The predicted molar refractivity (Wildman–Crippen MR) is 75.3 cm³/mol. The van der Waals surface area contributed by atoms with E-state index in [1.807, 2.05) is 6.07 Å². The molecule has 1 aromatic carbocycles. The van der Waals surface area contributed by atoms with Crippen molar-refractivity contribution in [3.05, 3.63) is 23.3 Å². The largest absolute Gasteiger partial charge is 0.493 e. The molecule has 0 fully saturated rings. The van der Waals surface area contributed by atoms with Crippen molar-refractivity contribution < 1.29 is 19.0 Å². The second kappa shape index (κ2) is 6.35. The summed E-state index contributed by atoms with van der Waals surface area (Å²) in [5.74, 6) is 1.17. The van der Waals surface area contributed by atoms with Gasteiger partial charge >= 0.3 is 6.09 Å². The number of ether oxygens (including phenoxy) is 3. The molecule has 1 aliphatic rings. The highest BCUT2D eigenvalue weighted by molar-refractivity contribution is 5.70. The van der Waals surface area contributed by atoms with Crippen LogP contribution < -0.4 is 9.47 Å². The summed E-state index contributed by atoms with van der Waals surface area (Å²) in [4.78, 5) is 13.4. The number of amides is 1. The van der Waals surface area contributed by atoms with E-state index in [1.54, 1.807) is 20.1 Å². The number of methoxy groups -OCH3 is 2. The van der Waals surface area contributed by atoms with E-state index in [0.29, 0.717) is 24.5 Å². The fraction of sp³-hybridized carbons (Fsp3) is 0.467. The minimum absolute atomic E-state index is 0.284. The van der Waals surface area contributed by atoms with E-state index < -0.39 is 12.1 Å². The number of nitriles is 1. The maximum atomic E-state index is 12.0. The Morgan fingerprint density at radius 2 is 2.05 bits per heavy atom. The van der Waals surface area contributed by atoms with Crippen LogP contribution in [0.2, 0.25) is 0 Å². The van der Waals surface area contributed by atoms with Crippen molar-refractivity contribution in [1.82, 2.24) is 4.90 Å². The van der Waals surface area contributed by atoms with Crippen LogP contribution in [0.1, 0.15) is 24.1 Å². The number of hydrogen-bond donors (Lipinski definition) is 0. The molecule has 0 aliphatic carbocycles. The maximum absolute atomic E-state index is 12.0. The van der Waals surface area contributed by atoms with E-state index in [4.69, 9.17) is 14.2 Å². The fourth-order valence-electron chi connectivity index (χ4n) is 2.49. The molecule has 0 saturated heterocycles. The van der Waals surface area contributed by atoms with E-state index in [0.717, 1.165) is 11.1 Å². The van der Waals surface area contributed by atoms with Crippen LogP contribution in [-0.4, -0.2) is 38.4 Å². The highest BCUT2D eigenvalue weighted by Crippen LogP contribution is 2.37. The van der Waals surface area contributed by atoms with Crippen molar-refractivity contribution in [1.29, 1.82) is 5.26 Å². The first kappa shape index (κ1) is 15.0. The molecule has 21 heavy (non-hydrogen) atoms. The summed E-state index contributed by atoms with van der Waals surface area (Å²) in [6.45, 7) is 2.47. The zero-order valence-corrected chi connectivity index (χ0v) is 12.4. The number of rotatable bonds is 3. The highest BCUT2D eigenvalue weighted by atomic mass is 16.6. The van der Waals surface area contributed by atoms with Crippen LogP contribution in [0.15, 0.2) is 12.1 Å². The third kappa shape index (κ3) is 2.72. The third-order valence-electron chi connectivity index (χ3n) is 3.50. The first-order chi connectivity index (χ1) is 10.2. The maximum Gasteiger partial charge on any atom is 0.411 e. The molecule has 1 amide bonds. The standard InChI is InChI=1S/C15H18N2O4/c1-4-21-15(18)17-6-5-10-7-13(19-2)14(20-3)8-11(10)12(17)9-16/h7-8,12H,4-6H2,1-3H3/t12-/m0/s1. The monoisotopic (exact) mass is 290 g/mol. The zero-order chi connectivity index (χ0) is 15.4. The van der Waals surface area contributed by atoms with Crippen molar-refractivity contribution in [2.24, 2.45) is 0 Å². The lowest BCUT2D eigenvalue weighted by molar-refractivity contribution is 0.0960. The Labute approximate surface area is 123 Å². The summed E-state index contributed by atoms with van der Waals surface area (Å²) in [6.07, 6.45) is 0.177. The highest BCUT2D eigenvalue weighted by Gasteiger charge is 2.33. The van der Waals surface area contributed by atoms with Gasteiger partial charge in [-0.3, -0.25) is 4.90 Å². The summed E-state index contributed by atoms with van der Waals surface area (Å²) < 4.78 is 15.6. The molecule has 2 rings (SSSR count). The quantitative estimate of drug-likeness (QED) is 0.854. The summed E-state index contributed by atoms with van der Waals surface area (Å²) >= 11 is 0. The van der Waals surface area contributed by atoms with Crippen LogP contribution in [0.4, 0.5) is 4.79 Å². The molecule has 112 valence electrons. The van der Waals surface area contributed by atoms with E-state index in [1.165, 1.54) is 12.0 Å². The number of carbonyl (C=O) groups excluding carboxylic acids is 1. The second-order valence-electron chi connectivity index (χ2n) is 4.58. The van der Waals surface area contributed by atoms with Gasteiger partial charge in [-0.2, -0.15) is 5.26 Å². The molecule has 0 bridgehead atoms. The Morgan fingerprint density at radius 1 is 1.38 bits per heavy atom. The van der Waals surface area contributed by atoms with Crippen molar-refractivity contribution in [2.75, 3.05) is 27.4 Å². The van der Waals surface area contributed by atoms with Gasteiger partial charge in [0.15, 0.2) is 11.5 Å². The number of benzene rings is 1. The molecule has 0 unspecified atom stereocenters. The van der Waals surface area contributed by atoms with E-state index >= 15 is 0 Å². The van der Waals surface area contributed by atoms with Crippen LogP contribution in [0, 0.1) is 11.3 Å². The van der Waals surface area contributed by atoms with Gasteiger partial charge in [0.05, 0.1) is 26.9 Å². The lowest BCUT2D eigenvalue weighted by atomic mass is 9.93. The molecule has 1 heterocycles. The van der Waals surface area contributed by atoms with Crippen molar-refractivity contribution >= 4 is 6.09 Å². The van der Waals surface area contributed by atoms with Gasteiger partial charge < -0.3 is 14.2 Å². The molecule has 0 N–H and O–H groups in total. The molecule has 6 heteroatoms. The third-order valence-corrected chi connectivity index (χ3v) is 3.50. The Morgan fingerprint density at radius 3 is 2.62 bits per heavy atom. The average Bonchev–Trinajstić information content (AvgIpc) is 2.52. The molecule has 6 nitrogen and oxygen atoms in total. The number of nitrogens with zero attached hydrogens (tertiary/aromatic N) is 2. The number of hydrogen-bond acceptors (Lipinski definition) is 5. The fourth-order valence-corrected chi connectivity index (χ4v) is 2.49. The van der Waals surface area contributed by atoms with Gasteiger partial charge in [-0.05, 0) is 36.6 Å². The molecule has 0 radical (unpaired) electrons. The van der Waals surface area contributed by atoms with Gasteiger partial charge in [-0.1, -0.05) is 0 Å². The summed E-state index contributed by atoms with van der Waals surface area (Å²) in [6, 6.07) is 5.11. The van der Waals surface area contributed by atoms with Gasteiger partial charge in [-0.25, -0.2) is 4.79 Å². The lowest BCUT2D eigenvalue weighted by Gasteiger charge is -2.32. The van der Waals surface area contributed by atoms with Gasteiger partial charge in [-0.15, -0.1) is 0 Å².